The minimum Gasteiger partial charge on any atom is -0.315 e. The summed E-state index contributed by atoms with van der Waals surface area (Å²) in [7, 11) is 0. The molecule has 0 bridgehead atoms. The zero-order chi connectivity index (χ0) is 12.8. The number of amides is 1. The summed E-state index contributed by atoms with van der Waals surface area (Å²) in [5.41, 5.74) is 0. The maximum Gasteiger partial charge on any atom is 0.239 e. The Balaban J connectivity index is 1.86. The van der Waals surface area contributed by atoms with E-state index in [-0.39, 0.29) is 5.91 Å². The average molecular weight is 269 g/mol. The van der Waals surface area contributed by atoms with E-state index in [1.165, 1.54) is 0 Å². The van der Waals surface area contributed by atoms with Crippen LogP contribution < -0.4 is 10.6 Å². The predicted molar refractivity (Wildman–Crippen MR) is 71.8 cm³/mol. The van der Waals surface area contributed by atoms with Crippen molar-refractivity contribution in [3.05, 3.63) is 23.4 Å². The summed E-state index contributed by atoms with van der Waals surface area (Å²) in [4.78, 5) is 18.0. The molecule has 0 spiro atoms. The molecule has 1 aliphatic rings. The molecule has 0 aromatic carbocycles. The lowest BCUT2D eigenvalue weighted by atomic mass is 10.3. The normalized spacial score (nSPS) is 17.2. The summed E-state index contributed by atoms with van der Waals surface area (Å²) >= 11 is 5.94. The molecule has 1 fully saturated rings. The Kier molecular flexibility index (Phi) is 4.92. The third-order valence-electron chi connectivity index (χ3n) is 2.82. The van der Waals surface area contributed by atoms with Gasteiger partial charge in [-0.1, -0.05) is 11.6 Å². The monoisotopic (exact) mass is 268 g/mol. The van der Waals surface area contributed by atoms with E-state index in [1.54, 1.807) is 18.3 Å². The fourth-order valence-electron chi connectivity index (χ4n) is 1.91. The van der Waals surface area contributed by atoms with Crippen LogP contribution in [0.1, 0.15) is 6.42 Å². The van der Waals surface area contributed by atoms with Gasteiger partial charge in [0.25, 0.3) is 0 Å². The van der Waals surface area contributed by atoms with Crippen LogP contribution in [0, 0.1) is 0 Å². The lowest BCUT2D eigenvalue weighted by molar-refractivity contribution is -0.117. The standard InChI is InChI=1S/C12H17ClN4O/c13-10-3-1-5-15-12(10)16-11(18)9-17-7-2-4-14-6-8-17/h1,3,5,14H,2,4,6-9H2,(H,15,16,18). The van der Waals surface area contributed by atoms with Gasteiger partial charge in [-0.2, -0.15) is 0 Å². The third-order valence-corrected chi connectivity index (χ3v) is 3.12. The summed E-state index contributed by atoms with van der Waals surface area (Å²) in [6.07, 6.45) is 2.68. The van der Waals surface area contributed by atoms with Crippen LogP contribution in [0.4, 0.5) is 5.82 Å². The van der Waals surface area contributed by atoms with Crippen molar-refractivity contribution in [3.8, 4) is 0 Å². The van der Waals surface area contributed by atoms with Crippen molar-refractivity contribution in [1.82, 2.24) is 15.2 Å². The molecule has 1 saturated heterocycles. The molecule has 6 heteroatoms. The van der Waals surface area contributed by atoms with Gasteiger partial charge in [0, 0.05) is 19.3 Å². The van der Waals surface area contributed by atoms with Crippen molar-refractivity contribution in [2.45, 2.75) is 6.42 Å². The maximum absolute atomic E-state index is 11.9. The van der Waals surface area contributed by atoms with Crippen LogP contribution in [0.2, 0.25) is 5.02 Å². The van der Waals surface area contributed by atoms with Gasteiger partial charge in [0.15, 0.2) is 5.82 Å². The molecule has 2 N–H and O–H groups in total. The number of hydrogen-bond acceptors (Lipinski definition) is 4. The van der Waals surface area contributed by atoms with Gasteiger partial charge in [-0.15, -0.1) is 0 Å². The number of anilines is 1. The van der Waals surface area contributed by atoms with E-state index in [4.69, 9.17) is 11.6 Å². The molecule has 1 aliphatic heterocycles. The van der Waals surface area contributed by atoms with Crippen molar-refractivity contribution < 1.29 is 4.79 Å². The van der Waals surface area contributed by atoms with Crippen molar-refractivity contribution in [1.29, 1.82) is 0 Å². The second-order valence-electron chi connectivity index (χ2n) is 4.26. The smallest absolute Gasteiger partial charge is 0.239 e. The quantitative estimate of drug-likeness (QED) is 0.858. The number of pyridine rings is 1. The van der Waals surface area contributed by atoms with Crippen molar-refractivity contribution >= 4 is 23.3 Å². The molecule has 0 atom stereocenters. The van der Waals surface area contributed by atoms with E-state index in [2.05, 4.69) is 20.5 Å². The Labute approximate surface area is 112 Å². The van der Waals surface area contributed by atoms with Gasteiger partial charge in [-0.25, -0.2) is 4.98 Å². The highest BCUT2D eigenvalue weighted by Crippen LogP contribution is 2.17. The van der Waals surface area contributed by atoms with Gasteiger partial charge >= 0.3 is 0 Å². The number of aromatic nitrogens is 1. The Morgan fingerprint density at radius 3 is 3.22 bits per heavy atom. The van der Waals surface area contributed by atoms with Crippen LogP contribution in [0.25, 0.3) is 0 Å². The van der Waals surface area contributed by atoms with Gasteiger partial charge in [-0.3, -0.25) is 9.69 Å². The Morgan fingerprint density at radius 2 is 2.39 bits per heavy atom. The number of hydrogen-bond donors (Lipinski definition) is 2. The molecule has 0 radical (unpaired) electrons. The van der Waals surface area contributed by atoms with E-state index >= 15 is 0 Å². The second-order valence-corrected chi connectivity index (χ2v) is 4.67. The summed E-state index contributed by atoms with van der Waals surface area (Å²) in [5.74, 6) is 0.356. The minimum absolute atomic E-state index is 0.0718. The lowest BCUT2D eigenvalue weighted by Gasteiger charge is -2.18. The number of carbonyl (C=O) groups excluding carboxylic acids is 1. The number of rotatable bonds is 3. The molecule has 0 unspecified atom stereocenters. The summed E-state index contributed by atoms with van der Waals surface area (Å²) in [6, 6.07) is 3.44. The first-order chi connectivity index (χ1) is 8.75. The molecule has 2 heterocycles. The van der Waals surface area contributed by atoms with Crippen molar-refractivity contribution in [3.63, 3.8) is 0 Å². The van der Waals surface area contributed by atoms with Crippen LogP contribution in [-0.2, 0) is 4.79 Å². The number of nitrogens with zero attached hydrogens (tertiary/aromatic N) is 2. The van der Waals surface area contributed by atoms with Gasteiger partial charge in [-0.05, 0) is 31.6 Å². The Hall–Kier alpha value is -1.17. The molecule has 18 heavy (non-hydrogen) atoms. The van der Waals surface area contributed by atoms with Crippen molar-refractivity contribution in [2.75, 3.05) is 38.0 Å². The minimum atomic E-state index is -0.0718. The summed E-state index contributed by atoms with van der Waals surface area (Å²) < 4.78 is 0. The summed E-state index contributed by atoms with van der Waals surface area (Å²) in [6.45, 7) is 4.16. The molecular formula is C12H17ClN4O. The fraction of sp³-hybridized carbons (Fsp3) is 0.500. The first-order valence-electron chi connectivity index (χ1n) is 6.09. The Morgan fingerprint density at radius 1 is 1.50 bits per heavy atom. The zero-order valence-electron chi connectivity index (χ0n) is 10.2. The molecule has 1 amide bonds. The van der Waals surface area contributed by atoms with Gasteiger partial charge in [0.05, 0.1) is 11.6 Å². The van der Waals surface area contributed by atoms with Crippen LogP contribution in [0.5, 0.6) is 0 Å². The van der Waals surface area contributed by atoms with Crippen LogP contribution in [0.15, 0.2) is 18.3 Å². The molecule has 2 rings (SSSR count). The molecule has 5 nitrogen and oxygen atoms in total. The highest BCUT2D eigenvalue weighted by atomic mass is 35.5. The highest BCUT2D eigenvalue weighted by Gasteiger charge is 2.13. The molecule has 98 valence electrons. The average Bonchev–Trinajstić information content (AvgIpc) is 2.61. The third kappa shape index (κ3) is 3.94. The van der Waals surface area contributed by atoms with E-state index in [0.29, 0.717) is 17.4 Å². The number of nitrogens with one attached hydrogen (secondary N) is 2. The predicted octanol–water partition coefficient (Wildman–Crippen LogP) is 0.969. The van der Waals surface area contributed by atoms with Gasteiger partial charge < -0.3 is 10.6 Å². The largest absolute Gasteiger partial charge is 0.315 e. The number of halogens is 1. The van der Waals surface area contributed by atoms with Gasteiger partial charge in [0.1, 0.15) is 0 Å². The first kappa shape index (κ1) is 13.3. The van der Waals surface area contributed by atoms with Crippen molar-refractivity contribution in [2.24, 2.45) is 0 Å². The topological polar surface area (TPSA) is 57.3 Å². The van der Waals surface area contributed by atoms with Crippen LogP contribution >= 0.6 is 11.6 Å². The molecular weight excluding hydrogens is 252 g/mol. The number of carbonyl (C=O) groups is 1. The summed E-state index contributed by atoms with van der Waals surface area (Å²) in [5, 5.41) is 6.50. The van der Waals surface area contributed by atoms with Gasteiger partial charge in [0.2, 0.25) is 5.91 Å². The van der Waals surface area contributed by atoms with Crippen LogP contribution in [-0.4, -0.2) is 48.5 Å². The lowest BCUT2D eigenvalue weighted by Crippen LogP contribution is -2.35. The molecule has 0 aliphatic carbocycles. The van der Waals surface area contributed by atoms with E-state index in [1.807, 2.05) is 0 Å². The maximum atomic E-state index is 11.9. The second kappa shape index (κ2) is 6.68. The van der Waals surface area contributed by atoms with E-state index in [9.17, 15) is 4.79 Å². The zero-order valence-corrected chi connectivity index (χ0v) is 10.9. The van der Waals surface area contributed by atoms with Crippen LogP contribution in [0.3, 0.4) is 0 Å². The van der Waals surface area contributed by atoms with E-state index in [0.717, 1.165) is 32.6 Å². The highest BCUT2D eigenvalue weighted by molar-refractivity contribution is 6.33. The fourth-order valence-corrected chi connectivity index (χ4v) is 2.08. The molecule has 0 saturated carbocycles. The Bertz CT molecular complexity index is 405. The van der Waals surface area contributed by atoms with E-state index < -0.39 is 0 Å². The molecule has 1 aromatic heterocycles. The molecule has 1 aromatic rings. The SMILES string of the molecule is O=C(CN1CCCNCC1)Nc1ncccc1Cl. The first-order valence-corrected chi connectivity index (χ1v) is 6.47.